The predicted octanol–water partition coefficient (Wildman–Crippen LogP) is 4.62. The third-order valence-corrected chi connectivity index (χ3v) is 6.24. The van der Waals surface area contributed by atoms with E-state index in [4.69, 9.17) is 21.1 Å². The molecule has 0 unspecified atom stereocenters. The Kier molecular flexibility index (Phi) is 7.51. The zero-order valence-corrected chi connectivity index (χ0v) is 19.7. The van der Waals surface area contributed by atoms with Gasteiger partial charge in [0.15, 0.2) is 0 Å². The van der Waals surface area contributed by atoms with Crippen LogP contribution in [0, 0.1) is 12.3 Å². The Hall–Kier alpha value is -2.93. The molecule has 7 nitrogen and oxygen atoms in total. The number of hydrogen-bond donors (Lipinski definition) is 2. The summed E-state index contributed by atoms with van der Waals surface area (Å²) in [5.41, 5.74) is 1.99. The van der Waals surface area contributed by atoms with Crippen LogP contribution in [0.1, 0.15) is 30.9 Å². The van der Waals surface area contributed by atoms with Crippen molar-refractivity contribution >= 4 is 29.2 Å². The Balaban J connectivity index is 1.67. The first-order chi connectivity index (χ1) is 15.3. The van der Waals surface area contributed by atoms with Gasteiger partial charge in [-0.15, -0.1) is 0 Å². The molecule has 3 rings (SSSR count). The molecule has 0 bridgehead atoms. The molecule has 1 fully saturated rings. The number of nitrogens with one attached hydrogen (secondary N) is 2. The molecule has 2 N–H and O–H groups in total. The van der Waals surface area contributed by atoms with Crippen molar-refractivity contribution in [1.82, 2.24) is 10.2 Å². The van der Waals surface area contributed by atoms with Gasteiger partial charge in [-0.3, -0.25) is 4.79 Å². The maximum Gasteiger partial charge on any atom is 0.321 e. The molecule has 1 atom stereocenters. The van der Waals surface area contributed by atoms with E-state index in [9.17, 15) is 9.59 Å². The quantitative estimate of drug-likeness (QED) is 0.660. The highest BCUT2D eigenvalue weighted by Crippen LogP contribution is 2.36. The van der Waals surface area contributed by atoms with E-state index in [0.717, 1.165) is 17.5 Å². The highest BCUT2D eigenvalue weighted by Gasteiger charge is 2.39. The van der Waals surface area contributed by atoms with Gasteiger partial charge >= 0.3 is 6.03 Å². The number of urea groups is 1. The molecule has 1 aliphatic heterocycles. The number of methoxy groups -OCH3 is 2. The molecule has 0 spiro atoms. The second-order valence-electron chi connectivity index (χ2n) is 8.31. The first kappa shape index (κ1) is 23.7. The summed E-state index contributed by atoms with van der Waals surface area (Å²) in [5, 5.41) is 6.27. The highest BCUT2D eigenvalue weighted by atomic mass is 35.5. The van der Waals surface area contributed by atoms with Crippen LogP contribution in [0.15, 0.2) is 36.4 Å². The molecule has 0 aromatic heterocycles. The van der Waals surface area contributed by atoms with Crippen LogP contribution in [0.25, 0.3) is 0 Å². The molecule has 172 valence electrons. The average Bonchev–Trinajstić information content (AvgIpc) is 2.78. The number of carbonyl (C=O) groups is 2. The summed E-state index contributed by atoms with van der Waals surface area (Å²) >= 11 is 6.21. The Morgan fingerprint density at radius 3 is 2.56 bits per heavy atom. The first-order valence-corrected chi connectivity index (χ1v) is 11.0. The number of piperidine rings is 1. The van der Waals surface area contributed by atoms with Gasteiger partial charge in [-0.25, -0.2) is 4.79 Å². The minimum Gasteiger partial charge on any atom is -0.495 e. The third-order valence-electron chi connectivity index (χ3n) is 5.95. The van der Waals surface area contributed by atoms with Gasteiger partial charge in [-0.2, -0.15) is 0 Å². The topological polar surface area (TPSA) is 79.9 Å². The van der Waals surface area contributed by atoms with Crippen molar-refractivity contribution in [3.8, 4) is 11.5 Å². The maximum atomic E-state index is 13.0. The molecule has 1 aliphatic rings. The number of anilines is 1. The van der Waals surface area contributed by atoms with E-state index >= 15 is 0 Å². The van der Waals surface area contributed by atoms with Crippen molar-refractivity contribution in [2.45, 2.75) is 33.2 Å². The molecule has 8 heteroatoms. The zero-order valence-electron chi connectivity index (χ0n) is 19.0. The van der Waals surface area contributed by atoms with Crippen molar-refractivity contribution in [2.24, 2.45) is 5.41 Å². The SMILES string of the molecule is COc1cc(OC)c(NC(=O)N2CCC[C@@](C)(C(=O)NCc3ccccc3C)C2)cc1Cl. The molecule has 2 aromatic rings. The predicted molar refractivity (Wildman–Crippen MR) is 126 cm³/mol. The fraction of sp³-hybridized carbons (Fsp3) is 0.417. The second-order valence-corrected chi connectivity index (χ2v) is 8.72. The number of likely N-dealkylation sites (tertiary alicyclic amines) is 1. The summed E-state index contributed by atoms with van der Waals surface area (Å²) < 4.78 is 10.6. The van der Waals surface area contributed by atoms with Crippen molar-refractivity contribution in [2.75, 3.05) is 32.6 Å². The number of benzene rings is 2. The van der Waals surface area contributed by atoms with E-state index in [1.54, 1.807) is 17.0 Å². The molecule has 32 heavy (non-hydrogen) atoms. The Bertz CT molecular complexity index is 997. The molecule has 0 radical (unpaired) electrons. The van der Waals surface area contributed by atoms with Crippen molar-refractivity contribution < 1.29 is 19.1 Å². The lowest BCUT2D eigenvalue weighted by atomic mass is 9.81. The number of halogens is 1. The summed E-state index contributed by atoms with van der Waals surface area (Å²) in [5.74, 6) is 0.844. The molecule has 1 saturated heterocycles. The second kappa shape index (κ2) is 10.1. The Labute approximate surface area is 194 Å². The number of rotatable bonds is 6. The lowest BCUT2D eigenvalue weighted by molar-refractivity contribution is -0.132. The number of ether oxygens (including phenoxy) is 2. The fourth-order valence-electron chi connectivity index (χ4n) is 3.95. The first-order valence-electron chi connectivity index (χ1n) is 10.6. The fourth-order valence-corrected chi connectivity index (χ4v) is 4.19. The van der Waals surface area contributed by atoms with Gasteiger partial charge in [0.25, 0.3) is 0 Å². The molecule has 0 saturated carbocycles. The minimum atomic E-state index is -0.667. The summed E-state index contributed by atoms with van der Waals surface area (Å²) in [4.78, 5) is 27.7. The number of amides is 3. The van der Waals surface area contributed by atoms with Crippen LogP contribution in [-0.2, 0) is 11.3 Å². The van der Waals surface area contributed by atoms with E-state index in [2.05, 4.69) is 10.6 Å². The summed E-state index contributed by atoms with van der Waals surface area (Å²) in [6.07, 6.45) is 1.45. The van der Waals surface area contributed by atoms with Crippen LogP contribution in [-0.4, -0.2) is 44.1 Å². The Morgan fingerprint density at radius 1 is 1.16 bits per heavy atom. The van der Waals surface area contributed by atoms with Crippen LogP contribution in [0.2, 0.25) is 5.02 Å². The van der Waals surface area contributed by atoms with Crippen molar-refractivity contribution in [3.63, 3.8) is 0 Å². The Morgan fingerprint density at radius 2 is 1.88 bits per heavy atom. The van der Waals surface area contributed by atoms with Gasteiger partial charge < -0.3 is 25.0 Å². The van der Waals surface area contributed by atoms with Gasteiger partial charge in [-0.1, -0.05) is 35.9 Å². The largest absolute Gasteiger partial charge is 0.495 e. The van der Waals surface area contributed by atoms with Crippen LogP contribution >= 0.6 is 11.6 Å². The van der Waals surface area contributed by atoms with Gasteiger partial charge in [-0.05, 0) is 43.9 Å². The van der Waals surface area contributed by atoms with Crippen molar-refractivity contribution in [1.29, 1.82) is 0 Å². The number of carbonyl (C=O) groups excluding carboxylic acids is 2. The van der Waals surface area contributed by atoms with Crippen LogP contribution in [0.4, 0.5) is 10.5 Å². The van der Waals surface area contributed by atoms with E-state index in [1.807, 2.05) is 38.1 Å². The van der Waals surface area contributed by atoms with E-state index in [1.165, 1.54) is 14.2 Å². The highest BCUT2D eigenvalue weighted by molar-refractivity contribution is 6.32. The normalized spacial score (nSPS) is 18.1. The minimum absolute atomic E-state index is 0.0525. The standard InChI is InChI=1S/C24H30ClN3O4/c1-16-8-5-6-9-17(16)14-26-22(29)24(2)10-7-11-28(15-24)23(30)27-19-12-18(25)20(31-3)13-21(19)32-4/h5-6,8-9,12-13H,7,10-11,14-15H2,1-4H3,(H,26,29)(H,27,30)/t24-/m1/s1. The van der Waals surface area contributed by atoms with Gasteiger partial charge in [0.05, 0.1) is 30.3 Å². The number of aryl methyl sites for hydroxylation is 1. The lowest BCUT2D eigenvalue weighted by Crippen LogP contribution is -2.52. The number of nitrogens with zero attached hydrogens (tertiary/aromatic N) is 1. The summed E-state index contributed by atoms with van der Waals surface area (Å²) in [7, 11) is 3.02. The number of hydrogen-bond acceptors (Lipinski definition) is 4. The van der Waals surface area contributed by atoms with E-state index in [-0.39, 0.29) is 11.9 Å². The summed E-state index contributed by atoms with van der Waals surface area (Å²) in [6.45, 7) is 5.29. The van der Waals surface area contributed by atoms with Gasteiger partial charge in [0.1, 0.15) is 11.5 Å². The van der Waals surface area contributed by atoms with E-state index < -0.39 is 5.41 Å². The smallest absolute Gasteiger partial charge is 0.321 e. The summed E-state index contributed by atoms with van der Waals surface area (Å²) in [6, 6.07) is 10.9. The van der Waals surface area contributed by atoms with Crippen molar-refractivity contribution in [3.05, 3.63) is 52.5 Å². The molecule has 1 heterocycles. The molecular formula is C24H30ClN3O4. The molecular weight excluding hydrogens is 430 g/mol. The lowest BCUT2D eigenvalue weighted by Gasteiger charge is -2.39. The van der Waals surface area contributed by atoms with Gasteiger partial charge in [0, 0.05) is 25.7 Å². The molecule has 0 aliphatic carbocycles. The van der Waals surface area contributed by atoms with Gasteiger partial charge in [0.2, 0.25) is 5.91 Å². The molecule has 3 amide bonds. The van der Waals surface area contributed by atoms with Crippen LogP contribution in [0.3, 0.4) is 0 Å². The monoisotopic (exact) mass is 459 g/mol. The van der Waals surface area contributed by atoms with Crippen LogP contribution in [0.5, 0.6) is 11.5 Å². The van der Waals surface area contributed by atoms with Crippen LogP contribution < -0.4 is 20.1 Å². The van der Waals surface area contributed by atoms with E-state index in [0.29, 0.717) is 48.3 Å². The average molecular weight is 460 g/mol. The molecule has 2 aromatic carbocycles. The zero-order chi connectivity index (χ0) is 23.3. The maximum absolute atomic E-state index is 13.0. The third kappa shape index (κ3) is 5.27.